The van der Waals surface area contributed by atoms with Gasteiger partial charge in [-0.3, -0.25) is 4.79 Å². The molecule has 1 amide bonds. The Morgan fingerprint density at radius 3 is 2.54 bits per heavy atom. The summed E-state index contributed by atoms with van der Waals surface area (Å²) in [7, 11) is 0. The fraction of sp³-hybridized carbons (Fsp3) is 0.238. The Hall–Kier alpha value is -3.08. The molecule has 0 radical (unpaired) electrons. The number of hydrogen-bond donors (Lipinski definition) is 1. The molecule has 0 aliphatic rings. The summed E-state index contributed by atoms with van der Waals surface area (Å²) in [6.07, 6.45) is 2.92. The molecular weight excluding hydrogens is 330 g/mol. The van der Waals surface area contributed by atoms with Gasteiger partial charge in [0.05, 0.1) is 0 Å². The number of para-hydroxylation sites is 1. The molecule has 0 spiro atoms. The van der Waals surface area contributed by atoms with E-state index >= 15 is 0 Å². The minimum atomic E-state index is -0.827. The number of benzene rings is 2. The van der Waals surface area contributed by atoms with Gasteiger partial charge in [0.1, 0.15) is 11.5 Å². The number of ether oxygens (including phenoxy) is 2. The zero-order valence-corrected chi connectivity index (χ0v) is 15.0. The SMILES string of the molecule is CCCNC(=O)[C@H](C)OC(=O)/C=C/c1cccc(Oc2ccccc2)c1. The molecule has 0 unspecified atom stereocenters. The second-order valence-electron chi connectivity index (χ2n) is 5.69. The standard InChI is InChI=1S/C21H23NO4/c1-3-14-22-21(24)16(2)25-20(23)13-12-17-8-7-11-19(15-17)26-18-9-5-4-6-10-18/h4-13,15-16H,3,14H2,1-2H3,(H,22,24)/b13-12+/t16-/m0/s1. The number of amides is 1. The van der Waals surface area contributed by atoms with Crippen molar-refractivity contribution in [3.05, 3.63) is 66.2 Å². The van der Waals surface area contributed by atoms with E-state index in [1.807, 2.05) is 61.5 Å². The van der Waals surface area contributed by atoms with Crippen LogP contribution in [0.5, 0.6) is 11.5 Å². The average molecular weight is 353 g/mol. The molecule has 5 nitrogen and oxygen atoms in total. The van der Waals surface area contributed by atoms with Crippen LogP contribution in [0.3, 0.4) is 0 Å². The molecule has 2 aromatic rings. The van der Waals surface area contributed by atoms with Crippen molar-refractivity contribution < 1.29 is 19.1 Å². The van der Waals surface area contributed by atoms with E-state index < -0.39 is 12.1 Å². The highest BCUT2D eigenvalue weighted by atomic mass is 16.5. The van der Waals surface area contributed by atoms with Crippen LogP contribution in [0, 0.1) is 0 Å². The van der Waals surface area contributed by atoms with E-state index in [2.05, 4.69) is 5.32 Å². The first-order chi connectivity index (χ1) is 12.6. The fourth-order valence-corrected chi connectivity index (χ4v) is 2.13. The number of esters is 1. The minimum Gasteiger partial charge on any atom is -0.457 e. The van der Waals surface area contributed by atoms with E-state index in [1.54, 1.807) is 13.0 Å². The molecule has 0 fully saturated rings. The smallest absolute Gasteiger partial charge is 0.331 e. The van der Waals surface area contributed by atoms with Crippen LogP contribution in [-0.2, 0) is 14.3 Å². The third-order valence-corrected chi connectivity index (χ3v) is 3.46. The summed E-state index contributed by atoms with van der Waals surface area (Å²) in [4.78, 5) is 23.6. The van der Waals surface area contributed by atoms with Crippen molar-refractivity contribution in [3.63, 3.8) is 0 Å². The Bertz CT molecular complexity index is 756. The third kappa shape index (κ3) is 6.43. The largest absolute Gasteiger partial charge is 0.457 e. The van der Waals surface area contributed by atoms with Gasteiger partial charge < -0.3 is 14.8 Å². The predicted octanol–water partition coefficient (Wildman–Crippen LogP) is 3.95. The van der Waals surface area contributed by atoms with E-state index in [9.17, 15) is 9.59 Å². The lowest BCUT2D eigenvalue weighted by molar-refractivity contribution is -0.150. The molecule has 0 aliphatic carbocycles. The number of carbonyl (C=O) groups is 2. The molecule has 0 bridgehead atoms. The van der Waals surface area contributed by atoms with Gasteiger partial charge in [0.2, 0.25) is 0 Å². The fourth-order valence-electron chi connectivity index (χ4n) is 2.13. The molecule has 2 rings (SSSR count). The van der Waals surface area contributed by atoms with Crippen molar-refractivity contribution in [2.45, 2.75) is 26.4 Å². The Morgan fingerprint density at radius 1 is 1.08 bits per heavy atom. The first-order valence-corrected chi connectivity index (χ1v) is 8.58. The molecule has 2 aromatic carbocycles. The summed E-state index contributed by atoms with van der Waals surface area (Å²) in [5.74, 6) is 0.532. The van der Waals surface area contributed by atoms with Crippen LogP contribution in [0.15, 0.2) is 60.7 Å². The molecule has 5 heteroatoms. The zero-order valence-electron chi connectivity index (χ0n) is 15.0. The molecule has 0 saturated carbocycles. The highest BCUT2D eigenvalue weighted by Gasteiger charge is 2.15. The van der Waals surface area contributed by atoms with Crippen molar-refractivity contribution in [3.8, 4) is 11.5 Å². The maximum Gasteiger partial charge on any atom is 0.331 e. The lowest BCUT2D eigenvalue weighted by Gasteiger charge is -2.11. The van der Waals surface area contributed by atoms with E-state index in [-0.39, 0.29) is 5.91 Å². The van der Waals surface area contributed by atoms with Gasteiger partial charge >= 0.3 is 5.97 Å². The van der Waals surface area contributed by atoms with Crippen LogP contribution in [0.4, 0.5) is 0 Å². The van der Waals surface area contributed by atoms with E-state index in [4.69, 9.17) is 9.47 Å². The van der Waals surface area contributed by atoms with Crippen molar-refractivity contribution in [1.29, 1.82) is 0 Å². The van der Waals surface area contributed by atoms with Gasteiger partial charge in [-0.1, -0.05) is 37.3 Å². The summed E-state index contributed by atoms with van der Waals surface area (Å²) in [6, 6.07) is 16.8. The van der Waals surface area contributed by atoms with Crippen LogP contribution >= 0.6 is 0 Å². The van der Waals surface area contributed by atoms with Crippen LogP contribution in [-0.4, -0.2) is 24.5 Å². The monoisotopic (exact) mass is 353 g/mol. The summed E-state index contributed by atoms with van der Waals surface area (Å²) in [5, 5.41) is 2.69. The Kier molecular flexibility index (Phi) is 7.43. The van der Waals surface area contributed by atoms with Crippen molar-refractivity contribution in [2.24, 2.45) is 0 Å². The van der Waals surface area contributed by atoms with Gasteiger partial charge in [0, 0.05) is 12.6 Å². The van der Waals surface area contributed by atoms with Gasteiger partial charge in [0.15, 0.2) is 6.10 Å². The molecule has 1 N–H and O–H groups in total. The van der Waals surface area contributed by atoms with Gasteiger partial charge in [-0.15, -0.1) is 0 Å². The molecule has 26 heavy (non-hydrogen) atoms. The highest BCUT2D eigenvalue weighted by Crippen LogP contribution is 2.22. The quantitative estimate of drug-likeness (QED) is 0.576. The van der Waals surface area contributed by atoms with Gasteiger partial charge in [-0.25, -0.2) is 4.79 Å². The summed E-state index contributed by atoms with van der Waals surface area (Å²) >= 11 is 0. The van der Waals surface area contributed by atoms with Crippen LogP contribution in [0.2, 0.25) is 0 Å². The molecule has 0 aliphatic heterocycles. The van der Waals surface area contributed by atoms with E-state index in [0.29, 0.717) is 12.3 Å². The van der Waals surface area contributed by atoms with Gasteiger partial charge in [-0.05, 0) is 49.2 Å². The second kappa shape index (κ2) is 10.0. The van der Waals surface area contributed by atoms with Crippen molar-refractivity contribution in [2.75, 3.05) is 6.54 Å². The minimum absolute atomic E-state index is 0.299. The zero-order chi connectivity index (χ0) is 18.8. The van der Waals surface area contributed by atoms with Crippen LogP contribution in [0.1, 0.15) is 25.8 Å². The lowest BCUT2D eigenvalue weighted by atomic mass is 10.2. The lowest BCUT2D eigenvalue weighted by Crippen LogP contribution is -2.35. The summed E-state index contributed by atoms with van der Waals surface area (Å²) in [6.45, 7) is 4.06. The molecular formula is C21H23NO4. The Morgan fingerprint density at radius 2 is 1.81 bits per heavy atom. The van der Waals surface area contributed by atoms with Crippen molar-refractivity contribution >= 4 is 18.0 Å². The normalized spacial score (nSPS) is 11.8. The first-order valence-electron chi connectivity index (χ1n) is 8.58. The number of hydrogen-bond acceptors (Lipinski definition) is 4. The highest BCUT2D eigenvalue weighted by molar-refractivity contribution is 5.90. The number of rotatable bonds is 8. The van der Waals surface area contributed by atoms with Crippen LogP contribution in [0.25, 0.3) is 6.08 Å². The average Bonchev–Trinajstić information content (AvgIpc) is 2.65. The Labute approximate surface area is 153 Å². The topological polar surface area (TPSA) is 64.6 Å². The summed E-state index contributed by atoms with van der Waals surface area (Å²) < 4.78 is 10.8. The molecule has 1 atom stereocenters. The number of carbonyl (C=O) groups excluding carboxylic acids is 2. The van der Waals surface area contributed by atoms with Gasteiger partial charge in [-0.2, -0.15) is 0 Å². The molecule has 0 aromatic heterocycles. The van der Waals surface area contributed by atoms with E-state index in [1.165, 1.54) is 6.08 Å². The Balaban J connectivity index is 1.92. The molecule has 136 valence electrons. The summed E-state index contributed by atoms with van der Waals surface area (Å²) in [5.41, 5.74) is 0.790. The van der Waals surface area contributed by atoms with E-state index in [0.717, 1.165) is 17.7 Å². The third-order valence-electron chi connectivity index (χ3n) is 3.46. The first kappa shape index (κ1) is 19.2. The molecule has 0 heterocycles. The second-order valence-corrected chi connectivity index (χ2v) is 5.69. The predicted molar refractivity (Wildman–Crippen MR) is 101 cm³/mol. The maximum absolute atomic E-state index is 11.9. The molecule has 0 saturated heterocycles. The number of nitrogens with one attached hydrogen (secondary N) is 1. The maximum atomic E-state index is 11.9. The van der Waals surface area contributed by atoms with Crippen molar-refractivity contribution in [1.82, 2.24) is 5.32 Å². The van der Waals surface area contributed by atoms with Gasteiger partial charge in [0.25, 0.3) is 5.91 Å². The van der Waals surface area contributed by atoms with Crippen LogP contribution < -0.4 is 10.1 Å².